The first-order valence-electron chi connectivity index (χ1n) is 9.75. The highest BCUT2D eigenvalue weighted by Gasteiger charge is 2.21. The van der Waals surface area contributed by atoms with Gasteiger partial charge < -0.3 is 14.6 Å². The molecule has 134 valence electrons. The van der Waals surface area contributed by atoms with Gasteiger partial charge in [-0.05, 0) is 43.2 Å². The van der Waals surface area contributed by atoms with Gasteiger partial charge in [-0.3, -0.25) is 0 Å². The Hall–Kier alpha value is -1.81. The average molecular weight is 339 g/mol. The summed E-state index contributed by atoms with van der Waals surface area (Å²) in [6.45, 7) is 7.31. The third-order valence-electron chi connectivity index (χ3n) is 5.55. The van der Waals surface area contributed by atoms with Crippen molar-refractivity contribution in [3.8, 4) is 5.75 Å². The normalized spacial score (nSPS) is 19.9. The Bertz CT molecular complexity index is 735. The van der Waals surface area contributed by atoms with E-state index in [1.165, 1.54) is 35.5 Å². The van der Waals surface area contributed by atoms with Crippen LogP contribution >= 0.6 is 0 Å². The fourth-order valence-electron chi connectivity index (χ4n) is 4.02. The van der Waals surface area contributed by atoms with Crippen LogP contribution in [-0.2, 0) is 19.5 Å². The van der Waals surface area contributed by atoms with E-state index in [2.05, 4.69) is 53.1 Å². The molecule has 0 saturated carbocycles. The van der Waals surface area contributed by atoms with Crippen molar-refractivity contribution in [3.05, 3.63) is 47.0 Å². The van der Waals surface area contributed by atoms with E-state index >= 15 is 0 Å². The van der Waals surface area contributed by atoms with E-state index in [1.54, 1.807) is 0 Å². The Kier molecular flexibility index (Phi) is 4.80. The molecule has 4 rings (SSSR count). The van der Waals surface area contributed by atoms with E-state index in [9.17, 15) is 0 Å². The molecule has 1 atom stereocenters. The zero-order valence-electron chi connectivity index (χ0n) is 15.4. The second kappa shape index (κ2) is 7.20. The van der Waals surface area contributed by atoms with Crippen LogP contribution in [0.3, 0.4) is 0 Å². The Labute approximate surface area is 150 Å². The van der Waals surface area contributed by atoms with Crippen LogP contribution in [0.2, 0.25) is 0 Å². The molecule has 2 aliphatic heterocycles. The predicted molar refractivity (Wildman–Crippen MR) is 100 cm³/mol. The van der Waals surface area contributed by atoms with E-state index in [0.29, 0.717) is 12.0 Å². The van der Waals surface area contributed by atoms with Gasteiger partial charge in [-0.25, -0.2) is 4.98 Å². The second-order valence-corrected chi connectivity index (χ2v) is 7.65. The molecule has 1 unspecified atom stereocenters. The number of aromatic nitrogens is 2. The van der Waals surface area contributed by atoms with Crippen LogP contribution in [0.1, 0.15) is 74.1 Å². The van der Waals surface area contributed by atoms with Gasteiger partial charge in [-0.2, -0.15) is 0 Å². The van der Waals surface area contributed by atoms with Gasteiger partial charge in [0.2, 0.25) is 0 Å². The third kappa shape index (κ3) is 3.45. The molecule has 0 fully saturated rings. The summed E-state index contributed by atoms with van der Waals surface area (Å²) in [5.41, 5.74) is 4.03. The summed E-state index contributed by atoms with van der Waals surface area (Å²) in [5, 5.41) is 3.80. The fraction of sp³-hybridized carbons (Fsp3) is 0.571. The predicted octanol–water partition coefficient (Wildman–Crippen LogP) is 4.35. The van der Waals surface area contributed by atoms with Gasteiger partial charge in [-0.1, -0.05) is 26.0 Å². The molecule has 3 heterocycles. The smallest absolute Gasteiger partial charge is 0.124 e. The van der Waals surface area contributed by atoms with E-state index in [0.717, 1.165) is 44.7 Å². The highest BCUT2D eigenvalue weighted by molar-refractivity contribution is 5.41. The van der Waals surface area contributed by atoms with Crippen LogP contribution in [-0.4, -0.2) is 16.2 Å². The number of aryl methyl sites for hydroxylation is 1. The van der Waals surface area contributed by atoms with Crippen LogP contribution in [0.5, 0.6) is 5.75 Å². The summed E-state index contributed by atoms with van der Waals surface area (Å²) in [6, 6.07) is 7.06. The minimum absolute atomic E-state index is 0.353. The Balaban J connectivity index is 1.54. The standard InChI is InChI=1S/C21H29N3O/c1-15(2)16-8-9-20-18(12-16)19(6-5-11-25-20)22-13-17-14-23-21-7-3-4-10-24(17)21/h8-9,12,14-15,19,22H,3-7,10-11,13H2,1-2H3. The first-order valence-corrected chi connectivity index (χ1v) is 9.75. The lowest BCUT2D eigenvalue weighted by Gasteiger charge is -2.21. The van der Waals surface area contributed by atoms with Crippen molar-refractivity contribution < 1.29 is 4.74 Å². The lowest BCUT2D eigenvalue weighted by molar-refractivity contribution is 0.315. The topological polar surface area (TPSA) is 39.1 Å². The number of imidazole rings is 1. The van der Waals surface area contributed by atoms with Gasteiger partial charge in [0, 0.05) is 37.3 Å². The van der Waals surface area contributed by atoms with Crippen LogP contribution < -0.4 is 10.1 Å². The molecule has 0 aliphatic carbocycles. The molecule has 25 heavy (non-hydrogen) atoms. The monoisotopic (exact) mass is 339 g/mol. The lowest BCUT2D eigenvalue weighted by Crippen LogP contribution is -2.23. The molecule has 0 spiro atoms. The number of hydrogen-bond donors (Lipinski definition) is 1. The van der Waals surface area contributed by atoms with Gasteiger partial charge in [0.05, 0.1) is 12.3 Å². The Morgan fingerprint density at radius 1 is 1.28 bits per heavy atom. The number of rotatable bonds is 4. The molecule has 1 N–H and O–H groups in total. The number of nitrogens with zero attached hydrogens (tertiary/aromatic N) is 2. The quantitative estimate of drug-likeness (QED) is 0.900. The van der Waals surface area contributed by atoms with E-state index in [-0.39, 0.29) is 0 Å². The molecular formula is C21H29N3O. The number of ether oxygens (including phenoxy) is 1. The third-order valence-corrected chi connectivity index (χ3v) is 5.55. The van der Waals surface area contributed by atoms with Crippen molar-refractivity contribution in [2.24, 2.45) is 0 Å². The van der Waals surface area contributed by atoms with Gasteiger partial charge in [0.25, 0.3) is 0 Å². The van der Waals surface area contributed by atoms with Crippen molar-refractivity contribution in [3.63, 3.8) is 0 Å². The first-order chi connectivity index (χ1) is 12.2. The first kappa shape index (κ1) is 16.6. The SMILES string of the molecule is CC(C)c1ccc2c(c1)C(NCc1cnc3n1CCCC3)CCCO2. The molecule has 0 saturated heterocycles. The Morgan fingerprint density at radius 3 is 3.08 bits per heavy atom. The van der Waals surface area contributed by atoms with Gasteiger partial charge in [-0.15, -0.1) is 0 Å². The molecule has 1 aromatic carbocycles. The molecule has 4 nitrogen and oxygen atoms in total. The van der Waals surface area contributed by atoms with E-state index < -0.39 is 0 Å². The van der Waals surface area contributed by atoms with Crippen LogP contribution in [0.25, 0.3) is 0 Å². The summed E-state index contributed by atoms with van der Waals surface area (Å²) in [5.74, 6) is 2.85. The Morgan fingerprint density at radius 2 is 2.20 bits per heavy atom. The molecule has 0 bridgehead atoms. The van der Waals surface area contributed by atoms with Crippen LogP contribution in [0.15, 0.2) is 24.4 Å². The number of nitrogens with one attached hydrogen (secondary N) is 1. The molecule has 2 aliphatic rings. The van der Waals surface area contributed by atoms with Crippen LogP contribution in [0, 0.1) is 0 Å². The molecule has 2 aromatic rings. The highest BCUT2D eigenvalue weighted by atomic mass is 16.5. The van der Waals surface area contributed by atoms with Crippen molar-refractivity contribution in [1.82, 2.24) is 14.9 Å². The maximum absolute atomic E-state index is 5.98. The van der Waals surface area contributed by atoms with Gasteiger partial charge in [0.1, 0.15) is 11.6 Å². The van der Waals surface area contributed by atoms with Gasteiger partial charge in [0.15, 0.2) is 0 Å². The van der Waals surface area contributed by atoms with Crippen molar-refractivity contribution >= 4 is 0 Å². The van der Waals surface area contributed by atoms with Crippen LogP contribution in [0.4, 0.5) is 0 Å². The lowest BCUT2D eigenvalue weighted by atomic mass is 9.95. The number of hydrogen-bond acceptors (Lipinski definition) is 3. The molecule has 0 amide bonds. The van der Waals surface area contributed by atoms with Crippen molar-refractivity contribution in [1.29, 1.82) is 0 Å². The summed E-state index contributed by atoms with van der Waals surface area (Å²) in [6.07, 6.45) is 7.94. The maximum atomic E-state index is 5.98. The zero-order chi connectivity index (χ0) is 17.2. The zero-order valence-corrected chi connectivity index (χ0v) is 15.4. The highest BCUT2D eigenvalue weighted by Crippen LogP contribution is 2.34. The fourth-order valence-corrected chi connectivity index (χ4v) is 4.02. The minimum atomic E-state index is 0.353. The van der Waals surface area contributed by atoms with E-state index in [1.807, 2.05) is 0 Å². The number of benzene rings is 1. The average Bonchev–Trinajstić information content (AvgIpc) is 2.93. The molecule has 4 heteroatoms. The van der Waals surface area contributed by atoms with Crippen molar-refractivity contribution in [2.45, 2.75) is 71.0 Å². The number of fused-ring (bicyclic) bond motifs is 2. The largest absolute Gasteiger partial charge is 0.493 e. The molecule has 0 radical (unpaired) electrons. The maximum Gasteiger partial charge on any atom is 0.124 e. The summed E-state index contributed by atoms with van der Waals surface area (Å²) in [7, 11) is 0. The second-order valence-electron chi connectivity index (χ2n) is 7.65. The summed E-state index contributed by atoms with van der Waals surface area (Å²) >= 11 is 0. The molecule has 1 aromatic heterocycles. The minimum Gasteiger partial charge on any atom is -0.493 e. The van der Waals surface area contributed by atoms with Crippen molar-refractivity contribution in [2.75, 3.05) is 6.61 Å². The van der Waals surface area contributed by atoms with E-state index in [4.69, 9.17) is 4.74 Å². The van der Waals surface area contributed by atoms with Gasteiger partial charge >= 0.3 is 0 Å². The molecular weight excluding hydrogens is 310 g/mol. The summed E-state index contributed by atoms with van der Waals surface area (Å²) < 4.78 is 8.40. The summed E-state index contributed by atoms with van der Waals surface area (Å²) in [4.78, 5) is 4.62.